The molecule has 1 aliphatic rings. The number of β-amino-alcohol motifs (C(OH)–C–C–N with tert-alkyl or cyclic N) is 1. The van der Waals surface area contributed by atoms with Gasteiger partial charge in [0.05, 0.1) is 6.10 Å². The molecule has 0 aromatic heterocycles. The first-order valence-corrected chi connectivity index (χ1v) is 3.21. The molecule has 1 aliphatic heterocycles. The lowest BCUT2D eigenvalue weighted by atomic mass is 10.3. The van der Waals surface area contributed by atoms with Crippen molar-refractivity contribution in [2.75, 3.05) is 13.1 Å². The van der Waals surface area contributed by atoms with Gasteiger partial charge in [-0.2, -0.15) is 0 Å². The summed E-state index contributed by atoms with van der Waals surface area (Å²) in [7, 11) is 0. The quantitative estimate of drug-likeness (QED) is 0.579. The molecule has 1 atom stereocenters. The third-order valence-corrected chi connectivity index (χ3v) is 1.51. The molecular weight excluding hydrogens is 114 g/mol. The van der Waals surface area contributed by atoms with Gasteiger partial charge in [-0.1, -0.05) is 6.08 Å². The Morgan fingerprint density at radius 3 is 2.89 bits per heavy atom. The Balaban J connectivity index is 2.21. The van der Waals surface area contributed by atoms with Gasteiger partial charge in [0.25, 0.3) is 0 Å². The summed E-state index contributed by atoms with van der Waals surface area (Å²) in [6, 6.07) is 0. The summed E-state index contributed by atoms with van der Waals surface area (Å²) >= 11 is 0. The SMILES string of the molecule is C=C[CH]N1CCC(O)C1. The van der Waals surface area contributed by atoms with E-state index < -0.39 is 0 Å². The highest BCUT2D eigenvalue weighted by Crippen LogP contribution is 2.09. The molecular formula is C7H12NO. The zero-order chi connectivity index (χ0) is 6.69. The van der Waals surface area contributed by atoms with E-state index in [4.69, 9.17) is 5.11 Å². The van der Waals surface area contributed by atoms with Crippen LogP contribution >= 0.6 is 0 Å². The third-order valence-electron chi connectivity index (χ3n) is 1.51. The van der Waals surface area contributed by atoms with Crippen molar-refractivity contribution in [1.82, 2.24) is 4.90 Å². The fourth-order valence-corrected chi connectivity index (χ4v) is 1.05. The molecule has 9 heavy (non-hydrogen) atoms. The maximum Gasteiger partial charge on any atom is 0.0679 e. The van der Waals surface area contributed by atoms with Crippen LogP contribution in [-0.2, 0) is 0 Å². The highest BCUT2D eigenvalue weighted by Gasteiger charge is 2.18. The fourth-order valence-electron chi connectivity index (χ4n) is 1.05. The van der Waals surface area contributed by atoms with Gasteiger partial charge < -0.3 is 5.11 Å². The number of rotatable bonds is 2. The molecule has 0 amide bonds. The van der Waals surface area contributed by atoms with E-state index in [-0.39, 0.29) is 6.10 Å². The van der Waals surface area contributed by atoms with Gasteiger partial charge in [-0.25, -0.2) is 0 Å². The first-order valence-electron chi connectivity index (χ1n) is 3.21. The van der Waals surface area contributed by atoms with Crippen LogP contribution in [0.5, 0.6) is 0 Å². The molecule has 2 nitrogen and oxygen atoms in total. The summed E-state index contributed by atoms with van der Waals surface area (Å²) < 4.78 is 0. The minimum absolute atomic E-state index is 0.124. The van der Waals surface area contributed by atoms with Crippen molar-refractivity contribution in [2.45, 2.75) is 12.5 Å². The number of aliphatic hydroxyl groups excluding tert-OH is 1. The van der Waals surface area contributed by atoms with E-state index >= 15 is 0 Å². The smallest absolute Gasteiger partial charge is 0.0679 e. The predicted octanol–water partition coefficient (Wildman–Crippen LogP) is 0.401. The molecule has 0 aromatic carbocycles. The number of hydrogen-bond acceptors (Lipinski definition) is 2. The van der Waals surface area contributed by atoms with Gasteiger partial charge in [0.1, 0.15) is 0 Å². The van der Waals surface area contributed by atoms with Crippen LogP contribution in [0, 0.1) is 6.54 Å². The highest BCUT2D eigenvalue weighted by molar-refractivity contribution is 4.90. The Bertz CT molecular complexity index is 103. The molecule has 0 saturated carbocycles. The summed E-state index contributed by atoms with van der Waals surface area (Å²) in [5.74, 6) is 0. The van der Waals surface area contributed by atoms with Crippen molar-refractivity contribution in [3.8, 4) is 0 Å². The van der Waals surface area contributed by atoms with E-state index in [0.29, 0.717) is 0 Å². The molecule has 2 heteroatoms. The molecule has 51 valence electrons. The molecule has 1 N–H and O–H groups in total. The van der Waals surface area contributed by atoms with Gasteiger partial charge in [-0.15, -0.1) is 6.58 Å². The van der Waals surface area contributed by atoms with Crippen molar-refractivity contribution in [2.24, 2.45) is 0 Å². The average molecular weight is 126 g/mol. The minimum atomic E-state index is -0.124. The van der Waals surface area contributed by atoms with E-state index in [2.05, 4.69) is 11.5 Å². The van der Waals surface area contributed by atoms with Crippen molar-refractivity contribution >= 4 is 0 Å². The van der Waals surface area contributed by atoms with E-state index in [1.165, 1.54) is 0 Å². The summed E-state index contributed by atoms with van der Waals surface area (Å²) in [5.41, 5.74) is 0. The standard InChI is InChI=1S/C7H12NO/c1-2-4-8-5-3-7(9)6-8/h2,4,7,9H,1,3,5-6H2. The normalized spacial score (nSPS) is 28.8. The van der Waals surface area contributed by atoms with Gasteiger partial charge in [-0.05, 0) is 6.42 Å². The summed E-state index contributed by atoms with van der Waals surface area (Å²) in [4.78, 5) is 2.07. The molecule has 0 aromatic rings. The van der Waals surface area contributed by atoms with Gasteiger partial charge in [-0.3, -0.25) is 4.90 Å². The van der Waals surface area contributed by atoms with Crippen molar-refractivity contribution in [3.63, 3.8) is 0 Å². The summed E-state index contributed by atoms with van der Waals surface area (Å²) in [6.07, 6.45) is 2.52. The monoisotopic (exact) mass is 126 g/mol. The molecule has 1 fully saturated rings. The Morgan fingerprint density at radius 2 is 2.44 bits per heavy atom. The van der Waals surface area contributed by atoms with Crippen LogP contribution in [0.4, 0.5) is 0 Å². The second-order valence-corrected chi connectivity index (χ2v) is 2.32. The Labute approximate surface area is 55.8 Å². The van der Waals surface area contributed by atoms with Gasteiger partial charge >= 0.3 is 0 Å². The minimum Gasteiger partial charge on any atom is -0.392 e. The average Bonchev–Trinajstić information content (AvgIpc) is 2.17. The maximum absolute atomic E-state index is 9.03. The number of likely N-dealkylation sites (tertiary alicyclic amines) is 1. The molecule has 0 aliphatic carbocycles. The van der Waals surface area contributed by atoms with Crippen LogP contribution in [0.2, 0.25) is 0 Å². The summed E-state index contributed by atoms with van der Waals surface area (Å²) in [6.45, 7) is 7.22. The number of nitrogens with zero attached hydrogens (tertiary/aromatic N) is 1. The fraction of sp³-hybridized carbons (Fsp3) is 0.571. The van der Waals surface area contributed by atoms with Crippen molar-refractivity contribution in [3.05, 3.63) is 19.2 Å². The Hall–Kier alpha value is -0.340. The lowest BCUT2D eigenvalue weighted by Crippen LogP contribution is -2.17. The lowest BCUT2D eigenvalue weighted by molar-refractivity contribution is 0.184. The van der Waals surface area contributed by atoms with E-state index in [1.54, 1.807) is 6.08 Å². The van der Waals surface area contributed by atoms with Crippen LogP contribution in [-0.4, -0.2) is 29.2 Å². The number of hydrogen-bond donors (Lipinski definition) is 1. The first-order chi connectivity index (χ1) is 4.33. The number of aliphatic hydroxyl groups is 1. The molecule has 1 radical (unpaired) electrons. The van der Waals surface area contributed by atoms with Crippen LogP contribution in [0.3, 0.4) is 0 Å². The second kappa shape index (κ2) is 2.99. The molecule has 1 unspecified atom stereocenters. The molecule has 0 bridgehead atoms. The topological polar surface area (TPSA) is 23.5 Å². The van der Waals surface area contributed by atoms with E-state index in [0.717, 1.165) is 19.5 Å². The largest absolute Gasteiger partial charge is 0.392 e. The first kappa shape index (κ1) is 6.78. The zero-order valence-corrected chi connectivity index (χ0v) is 5.45. The van der Waals surface area contributed by atoms with Crippen molar-refractivity contribution < 1.29 is 5.11 Å². The molecule has 1 heterocycles. The van der Waals surface area contributed by atoms with Crippen LogP contribution in [0.25, 0.3) is 0 Å². The zero-order valence-electron chi connectivity index (χ0n) is 5.45. The summed E-state index contributed by atoms with van der Waals surface area (Å²) in [5, 5.41) is 9.03. The Morgan fingerprint density at radius 1 is 1.67 bits per heavy atom. The lowest BCUT2D eigenvalue weighted by Gasteiger charge is -2.09. The van der Waals surface area contributed by atoms with Crippen LogP contribution in [0.15, 0.2) is 12.7 Å². The Kier molecular flexibility index (Phi) is 2.25. The molecule has 1 saturated heterocycles. The van der Waals surface area contributed by atoms with Crippen LogP contribution in [0.1, 0.15) is 6.42 Å². The second-order valence-electron chi connectivity index (χ2n) is 2.32. The van der Waals surface area contributed by atoms with Gasteiger partial charge in [0.2, 0.25) is 0 Å². The molecule has 0 spiro atoms. The third kappa shape index (κ3) is 1.80. The van der Waals surface area contributed by atoms with Crippen molar-refractivity contribution in [1.29, 1.82) is 0 Å². The highest BCUT2D eigenvalue weighted by atomic mass is 16.3. The van der Waals surface area contributed by atoms with E-state index in [9.17, 15) is 0 Å². The molecule has 1 rings (SSSR count). The van der Waals surface area contributed by atoms with Crippen LogP contribution < -0.4 is 0 Å². The predicted molar refractivity (Wildman–Crippen MR) is 36.7 cm³/mol. The van der Waals surface area contributed by atoms with Gasteiger partial charge in [0.15, 0.2) is 0 Å². The maximum atomic E-state index is 9.03. The van der Waals surface area contributed by atoms with Gasteiger partial charge in [0, 0.05) is 19.6 Å². The van der Waals surface area contributed by atoms with E-state index in [1.807, 2.05) is 6.54 Å².